The van der Waals surface area contributed by atoms with Crippen LogP contribution in [0.25, 0.3) is 22.9 Å². The highest BCUT2D eigenvalue weighted by Crippen LogP contribution is 2.37. The molecule has 130 valence electrons. The van der Waals surface area contributed by atoms with Crippen molar-refractivity contribution in [3.63, 3.8) is 0 Å². The Balaban J connectivity index is 1.81. The Kier molecular flexibility index (Phi) is 4.35. The van der Waals surface area contributed by atoms with E-state index >= 15 is 0 Å². The monoisotopic (exact) mass is 400 g/mol. The number of rotatable bonds is 2. The first-order valence-corrected chi connectivity index (χ1v) is 9.61. The molecule has 0 fully saturated rings. The summed E-state index contributed by atoms with van der Waals surface area (Å²) < 4.78 is 0. The number of nitrogens with one attached hydrogen (secondary N) is 1. The molecule has 3 aromatic rings. The fraction of sp³-hybridized carbons (Fsp3) is 0.100. The van der Waals surface area contributed by atoms with Crippen molar-refractivity contribution in [2.24, 2.45) is 0 Å². The highest BCUT2D eigenvalue weighted by molar-refractivity contribution is 7.09. The number of nitrogens with zero attached hydrogens (tertiary/aromatic N) is 1. The largest absolute Gasteiger partial charge is 0.321 e. The topological polar surface area (TPSA) is 42.0 Å². The van der Waals surface area contributed by atoms with Gasteiger partial charge in [0.25, 0.3) is 5.91 Å². The number of thiazole rings is 1. The number of aromatic nitrogens is 1. The lowest BCUT2D eigenvalue weighted by Gasteiger charge is -2.05. The summed E-state index contributed by atoms with van der Waals surface area (Å²) >= 11 is 14.1. The van der Waals surface area contributed by atoms with Crippen molar-refractivity contribution in [1.29, 1.82) is 0 Å². The van der Waals surface area contributed by atoms with E-state index in [9.17, 15) is 4.79 Å². The van der Waals surface area contributed by atoms with Crippen LogP contribution in [0.5, 0.6) is 0 Å². The quantitative estimate of drug-likeness (QED) is 0.518. The van der Waals surface area contributed by atoms with E-state index in [-0.39, 0.29) is 5.91 Å². The molecule has 1 aliphatic rings. The molecule has 1 aromatic heterocycles. The van der Waals surface area contributed by atoms with Gasteiger partial charge >= 0.3 is 0 Å². The summed E-state index contributed by atoms with van der Waals surface area (Å²) in [6.45, 7) is 3.84. The molecule has 0 bridgehead atoms. The number of halogens is 2. The summed E-state index contributed by atoms with van der Waals surface area (Å²) in [5.74, 6) is -0.139. The van der Waals surface area contributed by atoms with Crippen LogP contribution in [0, 0.1) is 13.8 Å². The van der Waals surface area contributed by atoms with Crippen molar-refractivity contribution in [3.05, 3.63) is 67.5 Å². The van der Waals surface area contributed by atoms with Gasteiger partial charge in [0, 0.05) is 37.8 Å². The molecule has 0 unspecified atom stereocenters. The molecule has 0 atom stereocenters. The summed E-state index contributed by atoms with van der Waals surface area (Å²) in [7, 11) is 0. The lowest BCUT2D eigenvalue weighted by Crippen LogP contribution is -2.03. The summed E-state index contributed by atoms with van der Waals surface area (Å²) in [5, 5.41) is 7.08. The summed E-state index contributed by atoms with van der Waals surface area (Å²) in [6.07, 6.45) is 1.81. The second-order valence-electron chi connectivity index (χ2n) is 6.13. The third kappa shape index (κ3) is 3.05. The zero-order valence-electron chi connectivity index (χ0n) is 14.1. The van der Waals surface area contributed by atoms with E-state index in [2.05, 4.69) is 10.3 Å². The van der Waals surface area contributed by atoms with E-state index in [0.29, 0.717) is 15.6 Å². The van der Waals surface area contributed by atoms with Crippen molar-refractivity contribution in [2.45, 2.75) is 13.8 Å². The second kappa shape index (κ2) is 6.54. The molecule has 0 radical (unpaired) electrons. The van der Waals surface area contributed by atoms with Crippen LogP contribution in [0.1, 0.15) is 21.7 Å². The van der Waals surface area contributed by atoms with Crippen LogP contribution >= 0.6 is 34.5 Å². The number of anilines is 1. The smallest absolute Gasteiger partial charge is 0.256 e. The summed E-state index contributed by atoms with van der Waals surface area (Å²) in [5.41, 5.74) is 5.74. The van der Waals surface area contributed by atoms with Gasteiger partial charge in [-0.1, -0.05) is 29.3 Å². The Labute approximate surface area is 165 Å². The van der Waals surface area contributed by atoms with Crippen LogP contribution in [-0.2, 0) is 4.79 Å². The molecular formula is C20H14Cl2N2OS. The molecule has 2 heterocycles. The average molecular weight is 401 g/mol. The van der Waals surface area contributed by atoms with Crippen molar-refractivity contribution in [3.8, 4) is 11.3 Å². The van der Waals surface area contributed by atoms with Crippen LogP contribution in [0.15, 0.2) is 35.7 Å². The van der Waals surface area contributed by atoms with Gasteiger partial charge in [-0.3, -0.25) is 4.79 Å². The van der Waals surface area contributed by atoms with Crippen LogP contribution in [0.4, 0.5) is 5.69 Å². The van der Waals surface area contributed by atoms with Crippen LogP contribution < -0.4 is 5.32 Å². The predicted octanol–water partition coefficient (Wildman–Crippen LogP) is 6.23. The predicted molar refractivity (Wildman–Crippen MR) is 110 cm³/mol. The number of aryl methyl sites for hydroxylation is 1. The Hall–Kier alpha value is -2.14. The first-order valence-electron chi connectivity index (χ1n) is 7.98. The second-order valence-corrected chi connectivity index (χ2v) is 8.01. The highest BCUT2D eigenvalue weighted by Gasteiger charge is 2.25. The third-order valence-electron chi connectivity index (χ3n) is 4.33. The van der Waals surface area contributed by atoms with Crippen molar-refractivity contribution in [2.75, 3.05) is 5.32 Å². The lowest BCUT2D eigenvalue weighted by atomic mass is 10.0. The van der Waals surface area contributed by atoms with Crippen molar-refractivity contribution in [1.82, 2.24) is 4.98 Å². The Morgan fingerprint density at radius 1 is 1.12 bits per heavy atom. The molecule has 26 heavy (non-hydrogen) atoms. The number of fused-ring (bicyclic) bond motifs is 1. The molecule has 3 nitrogen and oxygen atoms in total. The summed E-state index contributed by atoms with van der Waals surface area (Å²) in [6, 6.07) is 9.50. The van der Waals surface area contributed by atoms with Gasteiger partial charge in [-0.05, 0) is 55.3 Å². The molecule has 1 aliphatic heterocycles. The molecule has 0 saturated carbocycles. The zero-order valence-corrected chi connectivity index (χ0v) is 16.4. The molecule has 0 aliphatic carbocycles. The molecule has 0 saturated heterocycles. The maximum atomic E-state index is 12.5. The SMILES string of the molecule is Cc1nc(-c2ccc3c(c2)/C(=C/c2cc(Cl)c(C)c(Cl)c2)C(=O)N3)cs1. The first kappa shape index (κ1) is 17.3. The number of amides is 1. The molecule has 6 heteroatoms. The zero-order chi connectivity index (χ0) is 18.4. The van der Waals surface area contributed by atoms with Gasteiger partial charge in [0.2, 0.25) is 0 Å². The van der Waals surface area contributed by atoms with E-state index in [1.165, 1.54) is 0 Å². The number of hydrogen-bond acceptors (Lipinski definition) is 3. The van der Waals surface area contributed by atoms with Gasteiger partial charge in [0.15, 0.2) is 0 Å². The van der Waals surface area contributed by atoms with E-state index in [4.69, 9.17) is 23.2 Å². The maximum absolute atomic E-state index is 12.5. The van der Waals surface area contributed by atoms with Gasteiger partial charge in [0.1, 0.15) is 0 Å². The van der Waals surface area contributed by atoms with Gasteiger partial charge in [-0.25, -0.2) is 4.98 Å². The van der Waals surface area contributed by atoms with Crippen LogP contribution in [0.3, 0.4) is 0 Å². The minimum Gasteiger partial charge on any atom is -0.321 e. The van der Waals surface area contributed by atoms with Crippen molar-refractivity contribution < 1.29 is 4.79 Å². The number of hydrogen-bond donors (Lipinski definition) is 1. The summed E-state index contributed by atoms with van der Waals surface area (Å²) in [4.78, 5) is 17.0. The first-order chi connectivity index (χ1) is 12.4. The van der Waals surface area contributed by atoms with E-state index in [0.717, 1.165) is 38.6 Å². The molecule has 1 N–H and O–H groups in total. The van der Waals surface area contributed by atoms with E-state index in [1.54, 1.807) is 11.3 Å². The molecule has 4 rings (SSSR count). The van der Waals surface area contributed by atoms with E-state index < -0.39 is 0 Å². The standard InChI is InChI=1S/C20H14Cl2N2OS/c1-10-16(21)6-12(7-17(10)22)5-15-14-8-13(19-9-26-11(2)23-19)3-4-18(14)24-20(15)25/h3-9H,1-2H3,(H,24,25)/b15-5-. The third-order valence-corrected chi connectivity index (χ3v) is 5.89. The van der Waals surface area contributed by atoms with Gasteiger partial charge in [0.05, 0.1) is 10.7 Å². The molecule has 0 spiro atoms. The van der Waals surface area contributed by atoms with Gasteiger partial charge in [-0.15, -0.1) is 11.3 Å². The highest BCUT2D eigenvalue weighted by atomic mass is 35.5. The molecule has 1 amide bonds. The minimum atomic E-state index is -0.139. The van der Waals surface area contributed by atoms with Gasteiger partial charge in [-0.2, -0.15) is 0 Å². The normalized spacial score (nSPS) is 14.6. The maximum Gasteiger partial charge on any atom is 0.256 e. The van der Waals surface area contributed by atoms with E-state index in [1.807, 2.05) is 55.6 Å². The Morgan fingerprint density at radius 2 is 1.85 bits per heavy atom. The van der Waals surface area contributed by atoms with Gasteiger partial charge < -0.3 is 5.32 Å². The fourth-order valence-electron chi connectivity index (χ4n) is 2.90. The fourth-order valence-corrected chi connectivity index (χ4v) is 4.03. The van der Waals surface area contributed by atoms with Crippen LogP contribution in [-0.4, -0.2) is 10.9 Å². The molecular weight excluding hydrogens is 387 g/mol. The minimum absolute atomic E-state index is 0.139. The molecule has 2 aromatic carbocycles. The Bertz CT molecular complexity index is 1060. The number of carbonyl (C=O) groups is 1. The van der Waals surface area contributed by atoms with Crippen molar-refractivity contribution >= 4 is 57.8 Å². The number of benzene rings is 2. The average Bonchev–Trinajstić information content (AvgIpc) is 3.16. The van der Waals surface area contributed by atoms with Crippen LogP contribution in [0.2, 0.25) is 10.0 Å². The lowest BCUT2D eigenvalue weighted by molar-refractivity contribution is -0.110. The number of carbonyl (C=O) groups excluding carboxylic acids is 1. The Morgan fingerprint density at radius 3 is 2.50 bits per heavy atom.